The molecular formula is C31H24N2O4S. The summed E-state index contributed by atoms with van der Waals surface area (Å²) < 4.78 is 0. The standard InChI is InChI=1S/C31H24N2O4S/c1-19(38-22-16-14-21(15-17-22)32-27(34)18-20-8-3-2-4-9-20)31(37)33-26-13-7-12-25-28(26)30(36)24-11-6-5-10-23(24)29(25)35/h2-17,19H,18H2,1H3,(H,32,34)(H,33,37). The number of ketones is 2. The van der Waals surface area contributed by atoms with Crippen molar-refractivity contribution in [1.82, 2.24) is 0 Å². The van der Waals surface area contributed by atoms with Crippen LogP contribution in [0.5, 0.6) is 0 Å². The SMILES string of the molecule is CC(Sc1ccc(NC(=O)Cc2ccccc2)cc1)C(=O)Nc1cccc2c1C(=O)c1ccccc1C2=O. The van der Waals surface area contributed by atoms with Gasteiger partial charge in [-0.2, -0.15) is 0 Å². The van der Waals surface area contributed by atoms with Gasteiger partial charge < -0.3 is 10.6 Å². The lowest BCUT2D eigenvalue weighted by molar-refractivity contribution is -0.116. The molecule has 0 radical (unpaired) electrons. The lowest BCUT2D eigenvalue weighted by Crippen LogP contribution is -2.27. The molecule has 0 aromatic heterocycles. The third kappa shape index (κ3) is 5.28. The zero-order valence-corrected chi connectivity index (χ0v) is 21.4. The predicted octanol–water partition coefficient (Wildman–Crippen LogP) is 5.76. The highest BCUT2D eigenvalue weighted by molar-refractivity contribution is 8.00. The summed E-state index contributed by atoms with van der Waals surface area (Å²) in [7, 11) is 0. The Labute approximate surface area is 224 Å². The minimum Gasteiger partial charge on any atom is -0.326 e. The fourth-order valence-corrected chi connectivity index (χ4v) is 5.21. The minimum atomic E-state index is -0.481. The molecule has 4 aromatic rings. The van der Waals surface area contributed by atoms with Crippen molar-refractivity contribution >= 4 is 46.5 Å². The molecule has 188 valence electrons. The number of amides is 2. The first-order chi connectivity index (χ1) is 18.4. The topological polar surface area (TPSA) is 92.3 Å². The van der Waals surface area contributed by atoms with Gasteiger partial charge in [0.1, 0.15) is 0 Å². The predicted molar refractivity (Wildman–Crippen MR) is 149 cm³/mol. The fraction of sp³-hybridized carbons (Fsp3) is 0.0968. The van der Waals surface area contributed by atoms with Crippen molar-refractivity contribution in [2.75, 3.05) is 10.6 Å². The lowest BCUT2D eigenvalue weighted by atomic mass is 9.83. The first-order valence-corrected chi connectivity index (χ1v) is 13.0. The maximum absolute atomic E-state index is 13.2. The van der Waals surface area contributed by atoms with Crippen LogP contribution in [0.25, 0.3) is 0 Å². The summed E-state index contributed by atoms with van der Waals surface area (Å²) in [6, 6.07) is 28.4. The largest absolute Gasteiger partial charge is 0.326 e. The van der Waals surface area contributed by atoms with Crippen molar-refractivity contribution in [3.63, 3.8) is 0 Å². The lowest BCUT2D eigenvalue weighted by Gasteiger charge is -2.21. The number of benzene rings is 4. The van der Waals surface area contributed by atoms with E-state index in [0.717, 1.165) is 10.5 Å². The van der Waals surface area contributed by atoms with E-state index in [0.29, 0.717) is 22.5 Å². The van der Waals surface area contributed by atoms with Gasteiger partial charge in [-0.05, 0) is 42.8 Å². The van der Waals surface area contributed by atoms with E-state index in [2.05, 4.69) is 10.6 Å². The van der Waals surface area contributed by atoms with Gasteiger partial charge in [-0.15, -0.1) is 11.8 Å². The maximum atomic E-state index is 13.2. The van der Waals surface area contributed by atoms with Crippen LogP contribution in [0, 0.1) is 0 Å². The van der Waals surface area contributed by atoms with Crippen LogP contribution < -0.4 is 10.6 Å². The van der Waals surface area contributed by atoms with Gasteiger partial charge in [0, 0.05) is 27.3 Å². The van der Waals surface area contributed by atoms with Crippen molar-refractivity contribution in [3.8, 4) is 0 Å². The van der Waals surface area contributed by atoms with E-state index in [1.54, 1.807) is 61.5 Å². The summed E-state index contributed by atoms with van der Waals surface area (Å²) in [5.74, 6) is -0.907. The van der Waals surface area contributed by atoms with Gasteiger partial charge in [0.25, 0.3) is 0 Å². The van der Waals surface area contributed by atoms with Gasteiger partial charge in [-0.25, -0.2) is 0 Å². The van der Waals surface area contributed by atoms with E-state index >= 15 is 0 Å². The molecule has 5 rings (SSSR count). The molecule has 0 heterocycles. The number of rotatable bonds is 7. The molecule has 2 amide bonds. The van der Waals surface area contributed by atoms with E-state index in [-0.39, 0.29) is 40.9 Å². The number of hydrogen-bond acceptors (Lipinski definition) is 5. The summed E-state index contributed by atoms with van der Waals surface area (Å²) in [4.78, 5) is 52.3. The Balaban J connectivity index is 1.23. The molecule has 0 saturated heterocycles. The fourth-order valence-electron chi connectivity index (χ4n) is 4.34. The van der Waals surface area contributed by atoms with E-state index in [1.807, 2.05) is 42.5 Å². The Hall–Kier alpha value is -4.49. The third-order valence-corrected chi connectivity index (χ3v) is 7.35. The van der Waals surface area contributed by atoms with Crippen LogP contribution in [0.4, 0.5) is 11.4 Å². The number of carbonyl (C=O) groups is 4. The van der Waals surface area contributed by atoms with Crippen LogP contribution in [-0.4, -0.2) is 28.6 Å². The second-order valence-corrected chi connectivity index (χ2v) is 10.3. The summed E-state index contributed by atoms with van der Waals surface area (Å²) in [5, 5.41) is 5.25. The van der Waals surface area contributed by atoms with E-state index in [1.165, 1.54) is 11.8 Å². The Morgan fingerprint density at radius 2 is 1.34 bits per heavy atom. The Bertz CT molecular complexity index is 1550. The molecule has 0 aliphatic heterocycles. The van der Waals surface area contributed by atoms with E-state index in [9.17, 15) is 19.2 Å². The summed E-state index contributed by atoms with van der Waals surface area (Å²) in [5.41, 5.74) is 3.15. The van der Waals surface area contributed by atoms with E-state index in [4.69, 9.17) is 0 Å². The van der Waals surface area contributed by atoms with Crippen molar-refractivity contribution in [3.05, 3.63) is 125 Å². The number of carbonyl (C=O) groups excluding carboxylic acids is 4. The van der Waals surface area contributed by atoms with Crippen LogP contribution >= 0.6 is 11.8 Å². The summed E-state index contributed by atoms with van der Waals surface area (Å²) in [6.07, 6.45) is 0.289. The molecule has 1 atom stereocenters. The average molecular weight is 521 g/mol. The van der Waals surface area contributed by atoms with Crippen LogP contribution in [0.1, 0.15) is 44.3 Å². The number of anilines is 2. The van der Waals surface area contributed by atoms with Gasteiger partial charge in [-0.3, -0.25) is 19.2 Å². The molecule has 1 aliphatic rings. The van der Waals surface area contributed by atoms with Gasteiger partial charge in [0.05, 0.1) is 22.9 Å². The molecule has 0 bridgehead atoms. The Kier molecular flexibility index (Phi) is 7.20. The average Bonchev–Trinajstić information content (AvgIpc) is 2.93. The number of thioether (sulfide) groups is 1. The number of nitrogens with one attached hydrogen (secondary N) is 2. The normalized spacial score (nSPS) is 12.8. The highest BCUT2D eigenvalue weighted by Crippen LogP contribution is 2.33. The molecule has 38 heavy (non-hydrogen) atoms. The minimum absolute atomic E-state index is 0.105. The highest BCUT2D eigenvalue weighted by atomic mass is 32.2. The second-order valence-electron chi connectivity index (χ2n) is 8.92. The van der Waals surface area contributed by atoms with Crippen molar-refractivity contribution in [2.45, 2.75) is 23.5 Å². The Morgan fingerprint density at radius 3 is 2.05 bits per heavy atom. The van der Waals surface area contributed by atoms with Crippen LogP contribution in [0.3, 0.4) is 0 Å². The molecule has 6 nitrogen and oxygen atoms in total. The van der Waals surface area contributed by atoms with Crippen LogP contribution in [0.15, 0.2) is 102 Å². The summed E-state index contributed by atoms with van der Waals surface area (Å²) >= 11 is 1.35. The third-order valence-electron chi connectivity index (χ3n) is 6.24. The molecule has 4 aromatic carbocycles. The van der Waals surface area contributed by atoms with Crippen LogP contribution in [-0.2, 0) is 16.0 Å². The van der Waals surface area contributed by atoms with Gasteiger partial charge in [-0.1, -0.05) is 66.7 Å². The highest BCUT2D eigenvalue weighted by Gasteiger charge is 2.32. The van der Waals surface area contributed by atoms with Crippen molar-refractivity contribution in [1.29, 1.82) is 0 Å². The van der Waals surface area contributed by atoms with E-state index < -0.39 is 5.25 Å². The molecule has 0 saturated carbocycles. The molecule has 1 aliphatic carbocycles. The van der Waals surface area contributed by atoms with Crippen LogP contribution in [0.2, 0.25) is 0 Å². The second kappa shape index (κ2) is 10.9. The van der Waals surface area contributed by atoms with Gasteiger partial charge in [0.15, 0.2) is 11.6 Å². The van der Waals surface area contributed by atoms with Crippen molar-refractivity contribution in [2.24, 2.45) is 0 Å². The molecule has 1 unspecified atom stereocenters. The first kappa shape index (κ1) is 25.2. The molecule has 2 N–H and O–H groups in total. The van der Waals surface area contributed by atoms with Crippen molar-refractivity contribution < 1.29 is 19.2 Å². The summed E-state index contributed by atoms with van der Waals surface area (Å²) in [6.45, 7) is 1.77. The molecule has 7 heteroatoms. The first-order valence-electron chi connectivity index (χ1n) is 12.1. The quantitative estimate of drug-likeness (QED) is 0.266. The molecule has 0 spiro atoms. The zero-order valence-electron chi connectivity index (χ0n) is 20.6. The zero-order chi connectivity index (χ0) is 26.6. The monoisotopic (exact) mass is 520 g/mol. The Morgan fingerprint density at radius 1 is 0.711 bits per heavy atom. The number of hydrogen-bond donors (Lipinski definition) is 2. The molecular weight excluding hydrogens is 496 g/mol. The van der Waals surface area contributed by atoms with Gasteiger partial charge >= 0.3 is 0 Å². The molecule has 0 fully saturated rings. The smallest absolute Gasteiger partial charge is 0.237 e. The van der Waals surface area contributed by atoms with Gasteiger partial charge in [0.2, 0.25) is 11.8 Å². The maximum Gasteiger partial charge on any atom is 0.237 e. The number of fused-ring (bicyclic) bond motifs is 2.